The van der Waals surface area contributed by atoms with Gasteiger partial charge in [0.05, 0.1) is 18.2 Å². The van der Waals surface area contributed by atoms with Gasteiger partial charge in [0.25, 0.3) is 0 Å². The van der Waals surface area contributed by atoms with E-state index in [-0.39, 0.29) is 4.83 Å². The molecule has 0 fully saturated rings. The Kier molecular flexibility index (Phi) is 3.67. The van der Waals surface area contributed by atoms with Gasteiger partial charge in [0.15, 0.2) is 0 Å². The molecule has 0 N–H and O–H groups in total. The highest BCUT2D eigenvalue weighted by Crippen LogP contribution is 2.27. The SMILES string of the molecule is COc1ccc(CC(Br)c2ccco2)cc1. The molecule has 1 aromatic carbocycles. The van der Waals surface area contributed by atoms with Crippen molar-refractivity contribution in [3.63, 3.8) is 0 Å². The molecule has 0 aliphatic rings. The minimum Gasteiger partial charge on any atom is -0.497 e. The van der Waals surface area contributed by atoms with Gasteiger partial charge in [-0.3, -0.25) is 0 Å². The summed E-state index contributed by atoms with van der Waals surface area (Å²) in [5.41, 5.74) is 1.25. The molecule has 1 unspecified atom stereocenters. The van der Waals surface area contributed by atoms with Gasteiger partial charge in [0, 0.05) is 0 Å². The van der Waals surface area contributed by atoms with Crippen molar-refractivity contribution in [3.8, 4) is 5.75 Å². The summed E-state index contributed by atoms with van der Waals surface area (Å²) in [6.07, 6.45) is 2.59. The number of benzene rings is 1. The third-order valence-corrected chi connectivity index (χ3v) is 3.20. The maximum absolute atomic E-state index is 5.34. The van der Waals surface area contributed by atoms with E-state index in [0.29, 0.717) is 0 Å². The third kappa shape index (κ3) is 2.67. The van der Waals surface area contributed by atoms with Crippen molar-refractivity contribution in [1.82, 2.24) is 0 Å². The van der Waals surface area contributed by atoms with E-state index in [1.807, 2.05) is 24.3 Å². The molecule has 16 heavy (non-hydrogen) atoms. The first kappa shape index (κ1) is 11.3. The number of rotatable bonds is 4. The maximum atomic E-state index is 5.34. The fourth-order valence-electron chi connectivity index (χ4n) is 1.54. The monoisotopic (exact) mass is 280 g/mol. The maximum Gasteiger partial charge on any atom is 0.118 e. The standard InChI is InChI=1S/C13H13BrO2/c1-15-11-6-4-10(5-7-11)9-12(14)13-3-2-8-16-13/h2-8,12H,9H2,1H3. The normalized spacial score (nSPS) is 12.4. The lowest BCUT2D eigenvalue weighted by Crippen LogP contribution is -1.93. The fourth-order valence-corrected chi connectivity index (χ4v) is 2.17. The van der Waals surface area contributed by atoms with Crippen molar-refractivity contribution in [2.45, 2.75) is 11.2 Å². The van der Waals surface area contributed by atoms with Crippen LogP contribution >= 0.6 is 15.9 Å². The van der Waals surface area contributed by atoms with Gasteiger partial charge in [0.2, 0.25) is 0 Å². The van der Waals surface area contributed by atoms with Crippen LogP contribution in [0.3, 0.4) is 0 Å². The topological polar surface area (TPSA) is 22.4 Å². The van der Waals surface area contributed by atoms with Crippen LogP contribution in [0.15, 0.2) is 47.1 Å². The van der Waals surface area contributed by atoms with Crippen LogP contribution in [0.2, 0.25) is 0 Å². The van der Waals surface area contributed by atoms with Crippen LogP contribution in [0.5, 0.6) is 5.75 Å². The van der Waals surface area contributed by atoms with E-state index in [2.05, 4.69) is 28.1 Å². The zero-order chi connectivity index (χ0) is 11.4. The molecule has 0 aliphatic carbocycles. The molecule has 0 saturated heterocycles. The van der Waals surface area contributed by atoms with Crippen molar-refractivity contribution < 1.29 is 9.15 Å². The molecule has 2 aromatic rings. The number of methoxy groups -OCH3 is 1. The Bertz CT molecular complexity index is 420. The average Bonchev–Trinajstić information content (AvgIpc) is 2.83. The first-order valence-electron chi connectivity index (χ1n) is 5.10. The molecule has 84 valence electrons. The highest BCUT2D eigenvalue weighted by Gasteiger charge is 2.10. The molecule has 3 heteroatoms. The smallest absolute Gasteiger partial charge is 0.118 e. The molecule has 2 rings (SSSR count). The van der Waals surface area contributed by atoms with Gasteiger partial charge >= 0.3 is 0 Å². The van der Waals surface area contributed by atoms with Crippen LogP contribution in [-0.4, -0.2) is 7.11 Å². The predicted octanol–water partition coefficient (Wildman–Crippen LogP) is 3.97. The second-order valence-electron chi connectivity index (χ2n) is 3.54. The van der Waals surface area contributed by atoms with Gasteiger partial charge in [0.1, 0.15) is 11.5 Å². The molecule has 0 bridgehead atoms. The number of furan rings is 1. The molecular weight excluding hydrogens is 268 g/mol. The Morgan fingerprint density at radius 2 is 2.00 bits per heavy atom. The Morgan fingerprint density at radius 3 is 2.56 bits per heavy atom. The van der Waals surface area contributed by atoms with Gasteiger partial charge in [-0.1, -0.05) is 28.1 Å². The van der Waals surface area contributed by atoms with Gasteiger partial charge in [-0.05, 0) is 36.2 Å². The largest absolute Gasteiger partial charge is 0.497 e. The summed E-state index contributed by atoms with van der Waals surface area (Å²) in [7, 11) is 1.67. The van der Waals surface area contributed by atoms with Crippen molar-refractivity contribution in [3.05, 3.63) is 54.0 Å². The molecule has 0 spiro atoms. The van der Waals surface area contributed by atoms with Gasteiger partial charge in [-0.15, -0.1) is 0 Å². The van der Waals surface area contributed by atoms with Crippen molar-refractivity contribution in [2.24, 2.45) is 0 Å². The average molecular weight is 281 g/mol. The first-order valence-corrected chi connectivity index (χ1v) is 6.01. The number of halogens is 1. The van der Waals surface area contributed by atoms with Crippen LogP contribution in [0.4, 0.5) is 0 Å². The highest BCUT2D eigenvalue weighted by atomic mass is 79.9. The lowest BCUT2D eigenvalue weighted by molar-refractivity contribution is 0.414. The summed E-state index contributed by atoms with van der Waals surface area (Å²) in [6.45, 7) is 0. The van der Waals surface area contributed by atoms with E-state index >= 15 is 0 Å². The Hall–Kier alpha value is -1.22. The van der Waals surface area contributed by atoms with Crippen LogP contribution in [0.1, 0.15) is 16.2 Å². The second-order valence-corrected chi connectivity index (χ2v) is 4.64. The Labute approximate surface area is 103 Å². The van der Waals surface area contributed by atoms with E-state index in [1.165, 1.54) is 5.56 Å². The van der Waals surface area contributed by atoms with Crippen LogP contribution in [0.25, 0.3) is 0 Å². The summed E-state index contributed by atoms with van der Waals surface area (Å²) < 4.78 is 10.5. The van der Waals surface area contributed by atoms with E-state index in [9.17, 15) is 0 Å². The molecule has 1 heterocycles. The Morgan fingerprint density at radius 1 is 1.25 bits per heavy atom. The fraction of sp³-hybridized carbons (Fsp3) is 0.231. The third-order valence-electron chi connectivity index (χ3n) is 2.43. The number of alkyl halides is 1. The molecule has 1 atom stereocenters. The van der Waals surface area contributed by atoms with E-state index < -0.39 is 0 Å². The molecule has 2 nitrogen and oxygen atoms in total. The lowest BCUT2D eigenvalue weighted by atomic mass is 10.1. The highest BCUT2D eigenvalue weighted by molar-refractivity contribution is 9.09. The predicted molar refractivity (Wildman–Crippen MR) is 67.1 cm³/mol. The van der Waals surface area contributed by atoms with E-state index in [1.54, 1.807) is 13.4 Å². The van der Waals surface area contributed by atoms with Crippen LogP contribution in [-0.2, 0) is 6.42 Å². The van der Waals surface area contributed by atoms with Gasteiger partial charge in [-0.2, -0.15) is 0 Å². The van der Waals surface area contributed by atoms with Crippen molar-refractivity contribution in [2.75, 3.05) is 7.11 Å². The quantitative estimate of drug-likeness (QED) is 0.791. The number of hydrogen-bond donors (Lipinski definition) is 0. The minimum atomic E-state index is 0.218. The summed E-state index contributed by atoms with van der Waals surface area (Å²) in [6, 6.07) is 11.9. The molecule has 0 saturated carbocycles. The van der Waals surface area contributed by atoms with E-state index in [4.69, 9.17) is 9.15 Å². The van der Waals surface area contributed by atoms with Crippen LogP contribution in [0, 0.1) is 0 Å². The van der Waals surface area contributed by atoms with E-state index in [0.717, 1.165) is 17.9 Å². The second kappa shape index (κ2) is 5.21. The molecular formula is C13H13BrO2. The Balaban J connectivity index is 2.03. The van der Waals surface area contributed by atoms with Crippen molar-refractivity contribution >= 4 is 15.9 Å². The zero-order valence-electron chi connectivity index (χ0n) is 9.02. The van der Waals surface area contributed by atoms with Crippen LogP contribution < -0.4 is 4.74 Å². The minimum absolute atomic E-state index is 0.218. The summed E-state index contributed by atoms with van der Waals surface area (Å²) in [4.78, 5) is 0.218. The van der Waals surface area contributed by atoms with Gasteiger partial charge in [-0.25, -0.2) is 0 Å². The summed E-state index contributed by atoms with van der Waals surface area (Å²) in [5, 5.41) is 0. The molecule has 1 aromatic heterocycles. The zero-order valence-corrected chi connectivity index (χ0v) is 10.6. The molecule has 0 radical (unpaired) electrons. The summed E-state index contributed by atoms with van der Waals surface area (Å²) >= 11 is 3.61. The lowest BCUT2D eigenvalue weighted by Gasteiger charge is -2.07. The number of hydrogen-bond acceptors (Lipinski definition) is 2. The summed E-state index contributed by atoms with van der Waals surface area (Å²) in [5.74, 6) is 1.84. The number of ether oxygens (including phenoxy) is 1. The molecule has 0 amide bonds. The van der Waals surface area contributed by atoms with Gasteiger partial charge < -0.3 is 9.15 Å². The van der Waals surface area contributed by atoms with Crippen molar-refractivity contribution in [1.29, 1.82) is 0 Å². The first-order chi connectivity index (χ1) is 7.79. The molecule has 0 aliphatic heterocycles.